The summed E-state index contributed by atoms with van der Waals surface area (Å²) in [6, 6.07) is 1.38. The smallest absolute Gasteiger partial charge is 0.407 e. The first-order chi connectivity index (χ1) is 10.4. The summed E-state index contributed by atoms with van der Waals surface area (Å²) >= 11 is 2.93. The van der Waals surface area contributed by atoms with Crippen molar-refractivity contribution in [2.45, 2.75) is 25.8 Å². The Hall–Kier alpha value is -1.63. The highest BCUT2D eigenvalue weighted by Gasteiger charge is 2.26. The predicted octanol–water partition coefficient (Wildman–Crippen LogP) is 4.31. The molecule has 0 bridgehead atoms. The van der Waals surface area contributed by atoms with Crippen LogP contribution in [0.1, 0.15) is 24.4 Å². The molecule has 0 saturated carbocycles. The highest BCUT2D eigenvalue weighted by molar-refractivity contribution is 9.10. The number of piperidine rings is 1. The second-order valence-corrected chi connectivity index (χ2v) is 6.39. The number of nitrogens with zero attached hydrogens (tertiary/aromatic N) is 2. The molecule has 1 saturated heterocycles. The Bertz CT molecular complexity index is 752. The van der Waals surface area contributed by atoms with Crippen LogP contribution in [0, 0.1) is 18.6 Å². The van der Waals surface area contributed by atoms with E-state index < -0.39 is 17.7 Å². The van der Waals surface area contributed by atoms with Gasteiger partial charge in [0.2, 0.25) is 0 Å². The Balaban J connectivity index is 2.01. The third-order valence-electron chi connectivity index (χ3n) is 4.28. The van der Waals surface area contributed by atoms with Crippen LogP contribution in [-0.2, 0) is 0 Å². The van der Waals surface area contributed by atoms with E-state index in [4.69, 9.17) is 5.11 Å². The lowest BCUT2D eigenvalue weighted by Crippen LogP contribution is -2.38. The molecule has 1 aliphatic rings. The third kappa shape index (κ3) is 2.37. The molecule has 4 nitrogen and oxygen atoms in total. The Morgan fingerprint density at radius 1 is 1.36 bits per heavy atom. The molecule has 0 spiro atoms. The van der Waals surface area contributed by atoms with Gasteiger partial charge in [-0.25, -0.2) is 13.6 Å². The maximum absolute atomic E-state index is 14.3. The Labute approximate surface area is 134 Å². The standard InChI is InChI=1S/C15H15BrF2N2O2/c1-8-7-20(9-2-4-19(5-3-9)15(21)22)11-6-10(17)13(16)14(18)12(8)11/h6-7,9H,2-5H2,1H3,(H,21,22). The lowest BCUT2D eigenvalue weighted by molar-refractivity contribution is 0.126. The molecule has 1 aliphatic heterocycles. The number of aromatic nitrogens is 1. The zero-order valence-corrected chi connectivity index (χ0v) is 13.5. The van der Waals surface area contributed by atoms with Gasteiger partial charge in [0.15, 0.2) is 0 Å². The number of benzene rings is 1. The predicted molar refractivity (Wildman–Crippen MR) is 82.2 cm³/mol. The number of rotatable bonds is 1. The van der Waals surface area contributed by atoms with Crippen LogP contribution in [0.3, 0.4) is 0 Å². The number of amides is 1. The van der Waals surface area contributed by atoms with Gasteiger partial charge in [0.05, 0.1) is 9.99 Å². The lowest BCUT2D eigenvalue weighted by atomic mass is 10.0. The molecule has 1 aromatic carbocycles. The topological polar surface area (TPSA) is 45.5 Å². The van der Waals surface area contributed by atoms with Gasteiger partial charge < -0.3 is 14.6 Å². The first-order valence-corrected chi connectivity index (χ1v) is 7.82. The summed E-state index contributed by atoms with van der Waals surface area (Å²) in [5.41, 5.74) is 1.26. The fraction of sp³-hybridized carbons (Fsp3) is 0.400. The second kappa shape index (κ2) is 5.53. The average molecular weight is 373 g/mol. The highest BCUT2D eigenvalue weighted by Crippen LogP contribution is 2.35. The number of carboxylic acid groups (broad SMARTS) is 1. The molecular weight excluding hydrogens is 358 g/mol. The van der Waals surface area contributed by atoms with Crippen molar-refractivity contribution in [2.24, 2.45) is 0 Å². The quantitative estimate of drug-likeness (QED) is 0.758. The highest BCUT2D eigenvalue weighted by atomic mass is 79.9. The lowest BCUT2D eigenvalue weighted by Gasteiger charge is -2.31. The number of carbonyl (C=O) groups is 1. The van der Waals surface area contributed by atoms with Gasteiger partial charge in [-0.05, 0) is 47.3 Å². The van der Waals surface area contributed by atoms with Crippen molar-refractivity contribution in [1.82, 2.24) is 9.47 Å². The van der Waals surface area contributed by atoms with Crippen LogP contribution in [-0.4, -0.2) is 33.8 Å². The van der Waals surface area contributed by atoms with Crippen molar-refractivity contribution >= 4 is 32.9 Å². The monoisotopic (exact) mass is 372 g/mol. The molecular formula is C15H15BrF2N2O2. The number of halogens is 3. The molecule has 3 rings (SSSR count). The molecule has 1 amide bonds. The normalized spacial score (nSPS) is 16.5. The minimum atomic E-state index is -0.923. The van der Waals surface area contributed by atoms with Crippen LogP contribution >= 0.6 is 15.9 Å². The number of hydrogen-bond acceptors (Lipinski definition) is 1. The number of hydrogen-bond donors (Lipinski definition) is 1. The minimum Gasteiger partial charge on any atom is -0.465 e. The maximum atomic E-state index is 14.3. The fourth-order valence-corrected chi connectivity index (χ4v) is 3.45. The van der Waals surface area contributed by atoms with E-state index in [1.54, 1.807) is 6.92 Å². The Kier molecular flexibility index (Phi) is 3.84. The van der Waals surface area contributed by atoms with Crippen molar-refractivity contribution in [1.29, 1.82) is 0 Å². The molecule has 1 fully saturated rings. The van der Waals surface area contributed by atoms with Gasteiger partial charge in [-0.3, -0.25) is 0 Å². The molecule has 22 heavy (non-hydrogen) atoms. The van der Waals surface area contributed by atoms with Crippen molar-refractivity contribution in [3.05, 3.63) is 33.9 Å². The van der Waals surface area contributed by atoms with Gasteiger partial charge in [0, 0.05) is 30.7 Å². The van der Waals surface area contributed by atoms with E-state index in [-0.39, 0.29) is 10.5 Å². The van der Waals surface area contributed by atoms with E-state index in [0.717, 1.165) is 5.56 Å². The minimum absolute atomic E-state index is 0.0479. The molecule has 0 unspecified atom stereocenters. The maximum Gasteiger partial charge on any atom is 0.407 e. The van der Waals surface area contributed by atoms with Gasteiger partial charge in [-0.15, -0.1) is 0 Å². The summed E-state index contributed by atoms with van der Waals surface area (Å²) in [6.45, 7) is 2.65. The zero-order valence-electron chi connectivity index (χ0n) is 11.9. The van der Waals surface area contributed by atoms with E-state index in [0.29, 0.717) is 36.8 Å². The van der Waals surface area contributed by atoms with Crippen LogP contribution < -0.4 is 0 Å². The summed E-state index contributed by atoms with van der Waals surface area (Å²) < 4.78 is 29.9. The van der Waals surface area contributed by atoms with Crippen molar-refractivity contribution in [2.75, 3.05) is 13.1 Å². The molecule has 118 valence electrons. The van der Waals surface area contributed by atoms with Gasteiger partial charge >= 0.3 is 6.09 Å². The number of fused-ring (bicyclic) bond motifs is 1. The molecule has 7 heteroatoms. The fourth-order valence-electron chi connectivity index (χ4n) is 3.14. The largest absolute Gasteiger partial charge is 0.465 e. The summed E-state index contributed by atoms with van der Waals surface area (Å²) in [5, 5.41) is 9.40. The van der Waals surface area contributed by atoms with Crippen LogP contribution in [0.5, 0.6) is 0 Å². The molecule has 2 heterocycles. The average Bonchev–Trinajstić information content (AvgIpc) is 2.81. The van der Waals surface area contributed by atoms with Gasteiger partial charge in [0.1, 0.15) is 11.6 Å². The number of aryl methyl sites for hydroxylation is 1. The van der Waals surface area contributed by atoms with E-state index in [1.165, 1.54) is 11.0 Å². The van der Waals surface area contributed by atoms with Crippen LogP contribution in [0.15, 0.2) is 16.7 Å². The van der Waals surface area contributed by atoms with E-state index in [1.807, 2.05) is 10.8 Å². The van der Waals surface area contributed by atoms with Crippen molar-refractivity contribution in [3.8, 4) is 0 Å². The summed E-state index contributed by atoms with van der Waals surface area (Å²) in [5.74, 6) is -1.22. The molecule has 1 aromatic heterocycles. The van der Waals surface area contributed by atoms with Gasteiger partial charge in [-0.1, -0.05) is 0 Å². The summed E-state index contributed by atoms with van der Waals surface area (Å²) in [4.78, 5) is 12.3. The Morgan fingerprint density at radius 3 is 2.59 bits per heavy atom. The number of likely N-dealkylation sites (tertiary alicyclic amines) is 1. The third-order valence-corrected chi connectivity index (χ3v) is 5.00. The van der Waals surface area contributed by atoms with E-state index >= 15 is 0 Å². The van der Waals surface area contributed by atoms with Crippen molar-refractivity contribution in [3.63, 3.8) is 0 Å². The first-order valence-electron chi connectivity index (χ1n) is 7.02. The SMILES string of the molecule is Cc1cn(C2CCN(C(=O)O)CC2)c2cc(F)c(Br)c(F)c12. The first kappa shape index (κ1) is 15.3. The molecule has 2 aromatic rings. The van der Waals surface area contributed by atoms with Crippen molar-refractivity contribution < 1.29 is 18.7 Å². The van der Waals surface area contributed by atoms with Gasteiger partial charge in [-0.2, -0.15) is 0 Å². The summed E-state index contributed by atoms with van der Waals surface area (Å²) in [7, 11) is 0. The molecule has 0 radical (unpaired) electrons. The van der Waals surface area contributed by atoms with E-state index in [2.05, 4.69) is 15.9 Å². The Morgan fingerprint density at radius 2 is 2.00 bits per heavy atom. The molecule has 0 aliphatic carbocycles. The van der Waals surface area contributed by atoms with Crippen LogP contribution in [0.4, 0.5) is 13.6 Å². The van der Waals surface area contributed by atoms with Crippen LogP contribution in [0.2, 0.25) is 0 Å². The molecule has 0 atom stereocenters. The molecule has 1 N–H and O–H groups in total. The zero-order chi connectivity index (χ0) is 16.0. The van der Waals surface area contributed by atoms with Gasteiger partial charge in [0.25, 0.3) is 0 Å². The summed E-state index contributed by atoms with van der Waals surface area (Å²) in [6.07, 6.45) is 2.16. The second-order valence-electron chi connectivity index (χ2n) is 5.60. The van der Waals surface area contributed by atoms with E-state index in [9.17, 15) is 13.6 Å². The van der Waals surface area contributed by atoms with Crippen LogP contribution in [0.25, 0.3) is 10.9 Å².